The number of hydrogen-bond donors (Lipinski definition) is 1. The lowest BCUT2D eigenvalue weighted by atomic mass is 10.0. The van der Waals surface area contributed by atoms with Gasteiger partial charge in [0.25, 0.3) is 0 Å². The van der Waals surface area contributed by atoms with Crippen LogP contribution in [0.5, 0.6) is 0 Å². The van der Waals surface area contributed by atoms with Crippen LogP contribution in [0.25, 0.3) is 0 Å². The second-order valence-electron chi connectivity index (χ2n) is 2.88. The number of nitrogens with one attached hydrogen (secondary N) is 1. The third-order valence-electron chi connectivity index (χ3n) is 1.69. The van der Waals surface area contributed by atoms with Gasteiger partial charge in [0.2, 0.25) is 5.91 Å². The summed E-state index contributed by atoms with van der Waals surface area (Å²) in [5, 5.41) is 1.68. The third-order valence-corrected chi connectivity index (χ3v) is 1.69. The molecule has 0 rings (SSSR count). The van der Waals surface area contributed by atoms with Gasteiger partial charge in [-0.25, -0.2) is 5.01 Å². The standard InChI is InChI=1S/C8H18N2O/c1-5-7(6-2)8(11)9-10(3)4/h7H,5-6H2,1-4H3,(H,9,11). The first-order chi connectivity index (χ1) is 5.11. The Balaban J connectivity index is 3.79. The van der Waals surface area contributed by atoms with Gasteiger partial charge in [-0.1, -0.05) is 13.8 Å². The minimum absolute atomic E-state index is 0.125. The van der Waals surface area contributed by atoms with Crippen molar-refractivity contribution in [1.29, 1.82) is 0 Å². The van der Waals surface area contributed by atoms with E-state index in [1.807, 2.05) is 27.9 Å². The molecule has 11 heavy (non-hydrogen) atoms. The zero-order chi connectivity index (χ0) is 8.85. The van der Waals surface area contributed by atoms with Crippen LogP contribution in [0.1, 0.15) is 26.7 Å². The first-order valence-electron chi connectivity index (χ1n) is 4.09. The van der Waals surface area contributed by atoms with Gasteiger partial charge in [-0.05, 0) is 12.8 Å². The number of nitrogens with zero attached hydrogens (tertiary/aromatic N) is 1. The summed E-state index contributed by atoms with van der Waals surface area (Å²) in [7, 11) is 3.64. The quantitative estimate of drug-likeness (QED) is 0.619. The van der Waals surface area contributed by atoms with Gasteiger partial charge in [-0.15, -0.1) is 0 Å². The molecule has 0 aliphatic rings. The molecule has 0 aliphatic carbocycles. The second-order valence-corrected chi connectivity index (χ2v) is 2.88. The number of amides is 1. The number of carbonyl (C=O) groups excluding carboxylic acids is 1. The van der Waals surface area contributed by atoms with Gasteiger partial charge in [-0.3, -0.25) is 10.2 Å². The molecular weight excluding hydrogens is 140 g/mol. The van der Waals surface area contributed by atoms with Crippen LogP contribution in [-0.4, -0.2) is 25.0 Å². The largest absolute Gasteiger partial charge is 0.289 e. The van der Waals surface area contributed by atoms with Gasteiger partial charge in [0, 0.05) is 20.0 Å². The highest BCUT2D eigenvalue weighted by Gasteiger charge is 2.13. The molecule has 0 aromatic heterocycles. The van der Waals surface area contributed by atoms with Crippen molar-refractivity contribution in [3.8, 4) is 0 Å². The number of rotatable bonds is 4. The maximum absolute atomic E-state index is 11.3. The zero-order valence-electron chi connectivity index (χ0n) is 7.85. The molecule has 0 aromatic rings. The van der Waals surface area contributed by atoms with Crippen molar-refractivity contribution in [3.05, 3.63) is 0 Å². The summed E-state index contributed by atoms with van der Waals surface area (Å²) >= 11 is 0. The summed E-state index contributed by atoms with van der Waals surface area (Å²) in [6.45, 7) is 4.06. The van der Waals surface area contributed by atoms with E-state index in [9.17, 15) is 4.79 Å². The van der Waals surface area contributed by atoms with E-state index in [1.165, 1.54) is 0 Å². The Morgan fingerprint density at radius 1 is 1.36 bits per heavy atom. The van der Waals surface area contributed by atoms with E-state index in [0.717, 1.165) is 12.8 Å². The second kappa shape index (κ2) is 5.13. The Bertz CT molecular complexity index is 119. The van der Waals surface area contributed by atoms with Crippen LogP contribution >= 0.6 is 0 Å². The van der Waals surface area contributed by atoms with Crippen molar-refractivity contribution in [3.63, 3.8) is 0 Å². The summed E-state index contributed by atoms with van der Waals surface area (Å²) < 4.78 is 0. The van der Waals surface area contributed by atoms with Crippen LogP contribution in [0.2, 0.25) is 0 Å². The van der Waals surface area contributed by atoms with Crippen LogP contribution in [0, 0.1) is 5.92 Å². The van der Waals surface area contributed by atoms with Crippen LogP contribution in [0.3, 0.4) is 0 Å². The van der Waals surface area contributed by atoms with Crippen molar-refractivity contribution in [2.24, 2.45) is 5.92 Å². The lowest BCUT2D eigenvalue weighted by Crippen LogP contribution is -2.39. The first kappa shape index (κ1) is 10.4. The Kier molecular flexibility index (Phi) is 4.86. The third kappa shape index (κ3) is 3.98. The highest BCUT2D eigenvalue weighted by atomic mass is 16.2. The summed E-state index contributed by atoms with van der Waals surface area (Å²) in [4.78, 5) is 11.3. The minimum atomic E-state index is 0.125. The van der Waals surface area contributed by atoms with Crippen molar-refractivity contribution in [1.82, 2.24) is 10.4 Å². The fraction of sp³-hybridized carbons (Fsp3) is 0.875. The average molecular weight is 158 g/mol. The monoisotopic (exact) mass is 158 g/mol. The van der Waals surface area contributed by atoms with Gasteiger partial charge in [0.15, 0.2) is 0 Å². The number of hydrazine groups is 1. The molecule has 0 saturated carbocycles. The maximum atomic E-state index is 11.3. The molecular formula is C8H18N2O. The normalized spacial score (nSPS) is 10.7. The zero-order valence-corrected chi connectivity index (χ0v) is 7.85. The van der Waals surface area contributed by atoms with Gasteiger partial charge in [0.05, 0.1) is 0 Å². The highest BCUT2D eigenvalue weighted by Crippen LogP contribution is 2.06. The molecule has 1 amide bonds. The van der Waals surface area contributed by atoms with Crippen molar-refractivity contribution in [2.45, 2.75) is 26.7 Å². The van der Waals surface area contributed by atoms with E-state index < -0.39 is 0 Å². The van der Waals surface area contributed by atoms with Crippen LogP contribution in [0.15, 0.2) is 0 Å². The summed E-state index contributed by atoms with van der Waals surface area (Å²) in [6, 6.07) is 0. The lowest BCUT2D eigenvalue weighted by Gasteiger charge is -2.16. The number of carbonyl (C=O) groups is 1. The molecule has 1 N–H and O–H groups in total. The topological polar surface area (TPSA) is 32.3 Å². The number of hydrogen-bond acceptors (Lipinski definition) is 2. The lowest BCUT2D eigenvalue weighted by molar-refractivity contribution is -0.129. The first-order valence-corrected chi connectivity index (χ1v) is 4.09. The van der Waals surface area contributed by atoms with Crippen LogP contribution in [-0.2, 0) is 4.79 Å². The molecule has 0 heterocycles. The molecule has 66 valence electrons. The van der Waals surface area contributed by atoms with Crippen molar-refractivity contribution >= 4 is 5.91 Å². The maximum Gasteiger partial charge on any atom is 0.237 e. The predicted molar refractivity (Wildman–Crippen MR) is 45.9 cm³/mol. The van der Waals surface area contributed by atoms with Gasteiger partial charge in [0.1, 0.15) is 0 Å². The molecule has 0 spiro atoms. The van der Waals surface area contributed by atoms with E-state index in [-0.39, 0.29) is 11.8 Å². The molecule has 3 nitrogen and oxygen atoms in total. The molecule has 0 atom stereocenters. The Morgan fingerprint density at radius 2 is 1.82 bits per heavy atom. The van der Waals surface area contributed by atoms with E-state index in [0.29, 0.717) is 0 Å². The minimum Gasteiger partial charge on any atom is -0.289 e. The van der Waals surface area contributed by atoms with E-state index in [2.05, 4.69) is 5.43 Å². The SMILES string of the molecule is CCC(CC)C(=O)NN(C)C. The van der Waals surface area contributed by atoms with Crippen molar-refractivity contribution < 1.29 is 4.79 Å². The summed E-state index contributed by atoms with van der Waals surface area (Å²) in [5.74, 6) is 0.289. The van der Waals surface area contributed by atoms with E-state index in [4.69, 9.17) is 0 Å². The molecule has 0 aliphatic heterocycles. The molecule has 3 heteroatoms. The van der Waals surface area contributed by atoms with Crippen LogP contribution < -0.4 is 5.43 Å². The molecule has 0 radical (unpaired) electrons. The molecule has 0 fully saturated rings. The average Bonchev–Trinajstić information content (AvgIpc) is 1.88. The highest BCUT2D eigenvalue weighted by molar-refractivity contribution is 5.77. The Morgan fingerprint density at radius 3 is 2.09 bits per heavy atom. The Hall–Kier alpha value is -0.570. The molecule has 0 bridgehead atoms. The van der Waals surface area contributed by atoms with Crippen molar-refractivity contribution in [2.75, 3.05) is 14.1 Å². The van der Waals surface area contributed by atoms with E-state index >= 15 is 0 Å². The van der Waals surface area contributed by atoms with Gasteiger partial charge >= 0.3 is 0 Å². The molecule has 0 saturated heterocycles. The molecule has 0 aromatic carbocycles. The predicted octanol–water partition coefficient (Wildman–Crippen LogP) is 1.02. The summed E-state index contributed by atoms with van der Waals surface area (Å²) in [6.07, 6.45) is 1.83. The van der Waals surface area contributed by atoms with Gasteiger partial charge < -0.3 is 0 Å². The summed E-state index contributed by atoms with van der Waals surface area (Å²) in [5.41, 5.74) is 2.74. The Labute approximate surface area is 68.7 Å². The molecule has 0 unspecified atom stereocenters. The van der Waals surface area contributed by atoms with Crippen LogP contribution in [0.4, 0.5) is 0 Å². The smallest absolute Gasteiger partial charge is 0.237 e. The fourth-order valence-corrected chi connectivity index (χ4v) is 0.971. The van der Waals surface area contributed by atoms with Gasteiger partial charge in [-0.2, -0.15) is 0 Å². The fourth-order valence-electron chi connectivity index (χ4n) is 0.971. The van der Waals surface area contributed by atoms with E-state index in [1.54, 1.807) is 5.01 Å².